The molecule has 6 atom stereocenters. The van der Waals surface area contributed by atoms with Crippen molar-refractivity contribution < 1.29 is 115 Å². The highest BCUT2D eigenvalue weighted by Gasteiger charge is 2.50. The summed E-state index contributed by atoms with van der Waals surface area (Å²) < 4.78 is 140. The molecule has 0 aromatic heterocycles. The van der Waals surface area contributed by atoms with Gasteiger partial charge in [-0.3, -0.25) is 59.0 Å². The van der Waals surface area contributed by atoms with Crippen molar-refractivity contribution in [1.29, 1.82) is 0 Å². The number of aliphatic hydroxyl groups is 1. The molecule has 2 bridgehead atoms. The SMILES string of the molecule is C.C1CCOC1.CC(C)(C)OC(=O)N1CCC(CC(=O)C2CC[C@H](O)CN2S(=O)(=O)c2ccccc2[N+](=O)[O-])CC1.CC(C)(C)OC(=O)N1CCC(CC(=O)C2CC[C@H](OS(=O)(=O)c3ccccc3[N+](=O)[O-])CN2S(=O)(=O)c2ccccc2[N+](=O)[O-])CC1.CC(C)(C)OC(=O)N1CCC(N)CC1.O=C1OC2CCC1N(S(=O)(=O)c1ccccc1[N+](=O)[O-])C2. The Bertz CT molecular complexity index is 4890. The number of amides is 3. The third kappa shape index (κ3) is 27.8. The minimum atomic E-state index is -4.77. The number of sulfonamides is 3. The number of piperidine rings is 6. The molecule has 123 heavy (non-hydrogen) atoms. The predicted octanol–water partition coefficient (Wildman–Crippen LogP) is 10.2. The van der Waals surface area contributed by atoms with Crippen molar-refractivity contribution in [3.05, 3.63) is 138 Å². The molecule has 4 aromatic carbocycles. The summed E-state index contributed by atoms with van der Waals surface area (Å²) in [6.45, 7) is 20.3. The maximum Gasteiger partial charge on any atom is 0.410 e. The van der Waals surface area contributed by atoms with E-state index < -0.39 is 186 Å². The molecule has 0 aliphatic carbocycles. The zero-order chi connectivity index (χ0) is 90.2. The first kappa shape index (κ1) is 101. The average Bonchev–Trinajstić information content (AvgIpc) is 1.10. The van der Waals surface area contributed by atoms with Crippen LogP contribution in [-0.4, -0.2) is 253 Å². The molecule has 9 aliphatic heterocycles. The fraction of sp³-hybridized carbons (Fsp3) is 0.620. The van der Waals surface area contributed by atoms with Crippen LogP contribution < -0.4 is 5.73 Å². The Morgan fingerprint density at radius 2 is 0.789 bits per heavy atom. The number of nitro groups is 4. The molecule has 9 fully saturated rings. The summed E-state index contributed by atoms with van der Waals surface area (Å²) in [7, 11) is -18.1. The molecule has 3 amide bonds. The van der Waals surface area contributed by atoms with Crippen molar-refractivity contribution >= 4 is 98.8 Å². The fourth-order valence-corrected chi connectivity index (χ4v) is 21.5. The van der Waals surface area contributed by atoms with Crippen LogP contribution in [0.1, 0.15) is 172 Å². The Morgan fingerprint density at radius 3 is 1.13 bits per heavy atom. The molecule has 40 nitrogen and oxygen atoms in total. The van der Waals surface area contributed by atoms with Crippen molar-refractivity contribution in [2.75, 3.05) is 72.1 Å². The van der Waals surface area contributed by atoms with E-state index in [1.54, 1.807) is 51.3 Å². The maximum atomic E-state index is 14.0. The van der Waals surface area contributed by atoms with Gasteiger partial charge in [0.1, 0.15) is 28.9 Å². The molecular formula is C79H113N11O29S4. The van der Waals surface area contributed by atoms with Crippen LogP contribution in [0, 0.1) is 52.3 Å². The van der Waals surface area contributed by atoms with Gasteiger partial charge in [-0.25, -0.2) is 39.6 Å². The van der Waals surface area contributed by atoms with Gasteiger partial charge in [0.25, 0.3) is 52.8 Å². The van der Waals surface area contributed by atoms with Gasteiger partial charge in [0.15, 0.2) is 31.1 Å². The van der Waals surface area contributed by atoms with E-state index >= 15 is 0 Å². The number of carbonyl (C=O) groups is 6. The topological polar surface area (TPSA) is 533 Å². The van der Waals surface area contributed by atoms with Crippen LogP contribution in [0.5, 0.6) is 0 Å². The number of rotatable bonds is 19. The third-order valence-electron chi connectivity index (χ3n) is 20.9. The molecule has 3 N–H and O–H groups in total. The highest BCUT2D eigenvalue weighted by atomic mass is 32.2. The van der Waals surface area contributed by atoms with Gasteiger partial charge in [0.05, 0.1) is 50.5 Å². The number of β-amino-alcohol motifs (C(OH)–C–C–N with tert-alkyl or cyclic N) is 1. The summed E-state index contributed by atoms with van der Waals surface area (Å²) in [6, 6.07) is 16.3. The second kappa shape index (κ2) is 43.0. The molecular weight excluding hydrogens is 1700 g/mol. The number of aliphatic hydroxyl groups excluding tert-OH is 1. The number of ether oxygens (including phenoxy) is 5. The molecule has 0 saturated carbocycles. The zero-order valence-corrected chi connectivity index (χ0v) is 72.9. The van der Waals surface area contributed by atoms with Gasteiger partial charge in [0.2, 0.25) is 0 Å². The molecule has 682 valence electrons. The number of morpholine rings is 1. The molecule has 9 saturated heterocycles. The van der Waals surface area contributed by atoms with Crippen molar-refractivity contribution in [2.45, 2.75) is 251 Å². The first-order valence-electron chi connectivity index (χ1n) is 40.1. The van der Waals surface area contributed by atoms with E-state index in [4.69, 9.17) is 33.6 Å². The van der Waals surface area contributed by atoms with Crippen LogP contribution >= 0.6 is 0 Å². The Kier molecular flexibility index (Phi) is 35.2. The number of carbonyl (C=O) groups excluding carboxylic acids is 6. The standard InChI is InChI=1S/C29H36N4O12S2.C23H33N3O8S.C12H12N2O6S.C10H20N2O2.C4H8O.CH4/c1-29(2,3)44-28(35)30-16-14-20(15-17-30)18-25(34)22-13-12-21(45-47(42,43)27-11-7-5-9-24(27)33(38)39)19-31(22)46(40,41)26-10-6-4-8-23(26)32(36)37;1-23(2,3)34-22(29)24-12-10-16(11-13-24)14-20(28)18-9-8-17(27)15-25(18)35(32,33)21-7-5-4-6-19(21)26(30)31;15-12-10-6-5-8(20-12)7-13(10)21(18,19)11-4-2-1-3-9(11)14(16)17;1-10(2,3)14-9(13)12-6-4-8(11)5-7-12;1-2-4-5-3-1;/h4-11,20-22H,12-19H2,1-3H3;4-7,16-18,27H,8-15H2,1-3H3;1-4,8,10H,5-7H2;8H,4-7,11H2,1-3H3;1-4H2;1H4/t21-,22?;17-,18?;;;;/m00..../s1. The van der Waals surface area contributed by atoms with Crippen LogP contribution in [0.3, 0.4) is 0 Å². The van der Waals surface area contributed by atoms with E-state index in [-0.39, 0.29) is 88.8 Å². The van der Waals surface area contributed by atoms with E-state index in [2.05, 4.69) is 0 Å². The number of hydrogen-bond donors (Lipinski definition) is 2. The lowest BCUT2D eigenvalue weighted by molar-refractivity contribution is -0.388. The number of nitrogens with zero attached hydrogens (tertiary/aromatic N) is 10. The summed E-state index contributed by atoms with van der Waals surface area (Å²) in [6.07, 6.45) is 3.68. The van der Waals surface area contributed by atoms with Crippen LogP contribution in [-0.2, 0) is 82.4 Å². The summed E-state index contributed by atoms with van der Waals surface area (Å²) in [5.74, 6) is -1.55. The molecule has 9 aliphatic rings. The monoisotopic (exact) mass is 1810 g/mol. The van der Waals surface area contributed by atoms with E-state index in [1.165, 1.54) is 72.3 Å². The minimum absolute atomic E-state index is 0. The molecule has 0 radical (unpaired) electrons. The van der Waals surface area contributed by atoms with E-state index in [0.29, 0.717) is 64.7 Å². The predicted molar refractivity (Wildman–Crippen MR) is 443 cm³/mol. The molecule has 0 spiro atoms. The van der Waals surface area contributed by atoms with Gasteiger partial charge in [-0.2, -0.15) is 21.3 Å². The van der Waals surface area contributed by atoms with Crippen molar-refractivity contribution in [3.63, 3.8) is 0 Å². The largest absolute Gasteiger partial charge is 0.460 e. The Labute approximate surface area is 716 Å². The number of hydrogen-bond acceptors (Lipinski definition) is 30. The summed E-state index contributed by atoms with van der Waals surface area (Å²) >= 11 is 0. The highest BCUT2D eigenvalue weighted by molar-refractivity contribution is 7.90. The van der Waals surface area contributed by atoms with Crippen molar-refractivity contribution in [2.24, 2.45) is 17.6 Å². The molecule has 9 heterocycles. The lowest BCUT2D eigenvalue weighted by Gasteiger charge is -2.42. The summed E-state index contributed by atoms with van der Waals surface area (Å²) in [4.78, 5) is 120. The molecule has 44 heteroatoms. The van der Waals surface area contributed by atoms with Gasteiger partial charge in [-0.15, -0.1) is 0 Å². The summed E-state index contributed by atoms with van der Waals surface area (Å²) in [5, 5.41) is 55.8. The highest BCUT2D eigenvalue weighted by Crippen LogP contribution is 2.40. The maximum absolute atomic E-state index is 14.0. The lowest BCUT2D eigenvalue weighted by atomic mass is 9.88. The number of esters is 1. The molecule has 4 unspecified atom stereocenters. The third-order valence-corrected chi connectivity index (χ3v) is 28.0. The number of ketones is 2. The number of benzene rings is 4. The first-order valence-corrected chi connectivity index (χ1v) is 45.9. The average molecular weight is 1810 g/mol. The van der Waals surface area contributed by atoms with Gasteiger partial charge in [-0.1, -0.05) is 56.0 Å². The lowest BCUT2D eigenvalue weighted by Crippen LogP contribution is -2.58. The van der Waals surface area contributed by atoms with Crippen LogP contribution in [0.25, 0.3) is 0 Å². The van der Waals surface area contributed by atoms with Crippen molar-refractivity contribution in [1.82, 2.24) is 27.6 Å². The Morgan fingerprint density at radius 1 is 0.455 bits per heavy atom. The first-order chi connectivity index (χ1) is 57.0. The second-order valence-corrected chi connectivity index (χ2v) is 40.7. The fourth-order valence-electron chi connectivity index (χ4n) is 14.8. The number of fused-ring (bicyclic) bond motifs is 3. The van der Waals surface area contributed by atoms with Gasteiger partial charge < -0.3 is 49.2 Å². The van der Waals surface area contributed by atoms with Gasteiger partial charge >= 0.3 is 34.4 Å². The normalized spacial score (nSPS) is 21.7. The van der Waals surface area contributed by atoms with Crippen LogP contribution in [0.4, 0.5) is 37.1 Å². The smallest absolute Gasteiger partial charge is 0.410 e. The van der Waals surface area contributed by atoms with Crippen LogP contribution in [0.15, 0.2) is 117 Å². The van der Waals surface area contributed by atoms with E-state index in [0.717, 1.165) is 94.5 Å². The number of likely N-dealkylation sites (tertiary alicyclic amines) is 3. The number of para-hydroxylation sites is 4. The van der Waals surface area contributed by atoms with E-state index in [9.17, 15) is 108 Å². The van der Waals surface area contributed by atoms with Gasteiger partial charge in [-0.05, 0) is 188 Å². The minimum Gasteiger partial charge on any atom is -0.460 e. The zero-order valence-electron chi connectivity index (χ0n) is 69.6. The number of nitrogens with two attached hydrogens (primary N) is 1. The van der Waals surface area contributed by atoms with Gasteiger partial charge in [0, 0.05) is 109 Å². The van der Waals surface area contributed by atoms with E-state index in [1.807, 2.05) is 20.8 Å². The number of Topliss-reactive ketones (excluding diaryl/α,β-unsaturated/α-hetero) is 2. The molecule has 13 rings (SSSR count). The number of nitro benzene ring substituents is 4. The molecule has 4 aromatic rings. The Hall–Kier alpha value is -9.38. The van der Waals surface area contributed by atoms with Crippen LogP contribution in [0.2, 0.25) is 0 Å². The second-order valence-electron chi connectivity index (χ2n) is 33.6. The Balaban J connectivity index is 0.000000238. The summed E-state index contributed by atoms with van der Waals surface area (Å²) in [5.41, 5.74) is 1.53. The van der Waals surface area contributed by atoms with Crippen molar-refractivity contribution in [3.8, 4) is 0 Å². The quantitative estimate of drug-likeness (QED) is 0.0289.